The number of thiol groups is 1. The molecule has 0 aromatic rings. The third kappa shape index (κ3) is 6.05. The van der Waals surface area contributed by atoms with Crippen molar-refractivity contribution in [3.8, 4) is 0 Å². The van der Waals surface area contributed by atoms with Crippen LogP contribution < -0.4 is 0 Å². The summed E-state index contributed by atoms with van der Waals surface area (Å²) in [5.74, 6) is 0. The first-order chi connectivity index (χ1) is 3.27. The SMILES string of the molecule is C=C(S)CCOC. The summed E-state index contributed by atoms with van der Waals surface area (Å²) >= 11 is 3.96. The van der Waals surface area contributed by atoms with Crippen LogP contribution >= 0.6 is 12.6 Å². The van der Waals surface area contributed by atoms with E-state index in [1.807, 2.05) is 0 Å². The van der Waals surface area contributed by atoms with E-state index >= 15 is 0 Å². The Kier molecular flexibility index (Phi) is 4.25. The van der Waals surface area contributed by atoms with E-state index in [9.17, 15) is 0 Å². The van der Waals surface area contributed by atoms with Gasteiger partial charge in [0.2, 0.25) is 0 Å². The number of hydrogen-bond donors (Lipinski definition) is 1. The molecule has 42 valence electrons. The number of methoxy groups -OCH3 is 1. The van der Waals surface area contributed by atoms with Gasteiger partial charge in [0.25, 0.3) is 0 Å². The zero-order chi connectivity index (χ0) is 5.70. The highest BCUT2D eigenvalue weighted by atomic mass is 32.1. The second-order valence-corrected chi connectivity index (χ2v) is 1.94. The largest absolute Gasteiger partial charge is 0.384 e. The first-order valence-electron chi connectivity index (χ1n) is 2.13. The summed E-state index contributed by atoms with van der Waals surface area (Å²) in [4.78, 5) is 0.877. The summed E-state index contributed by atoms with van der Waals surface area (Å²) < 4.78 is 4.74. The Labute approximate surface area is 49.8 Å². The van der Waals surface area contributed by atoms with Gasteiger partial charge in [-0.15, -0.1) is 12.6 Å². The lowest BCUT2D eigenvalue weighted by Crippen LogP contribution is -1.85. The third-order valence-electron chi connectivity index (χ3n) is 0.595. The molecule has 1 nitrogen and oxygen atoms in total. The van der Waals surface area contributed by atoms with Crippen molar-refractivity contribution in [2.24, 2.45) is 0 Å². The van der Waals surface area contributed by atoms with Crippen LogP contribution in [0.25, 0.3) is 0 Å². The molecule has 0 heterocycles. The molecule has 0 aliphatic carbocycles. The lowest BCUT2D eigenvalue weighted by molar-refractivity contribution is 0.204. The van der Waals surface area contributed by atoms with Crippen LogP contribution in [0, 0.1) is 0 Å². The van der Waals surface area contributed by atoms with Gasteiger partial charge < -0.3 is 4.74 Å². The van der Waals surface area contributed by atoms with Crippen LogP contribution in [-0.2, 0) is 4.74 Å². The van der Waals surface area contributed by atoms with Gasteiger partial charge in [0.05, 0.1) is 6.61 Å². The van der Waals surface area contributed by atoms with Gasteiger partial charge in [-0.2, -0.15) is 0 Å². The summed E-state index contributed by atoms with van der Waals surface area (Å²) in [5, 5.41) is 0. The van der Waals surface area contributed by atoms with Crippen LogP contribution in [0.5, 0.6) is 0 Å². The molecule has 0 aliphatic rings. The minimum atomic E-state index is 0.725. The molecule has 0 aromatic heterocycles. The van der Waals surface area contributed by atoms with Gasteiger partial charge in [-0.3, -0.25) is 0 Å². The summed E-state index contributed by atoms with van der Waals surface area (Å²) in [6.07, 6.45) is 0.847. The van der Waals surface area contributed by atoms with Crippen LogP contribution in [0.1, 0.15) is 6.42 Å². The van der Waals surface area contributed by atoms with Gasteiger partial charge in [0.1, 0.15) is 0 Å². The van der Waals surface area contributed by atoms with Gasteiger partial charge in [0.15, 0.2) is 0 Å². The fraction of sp³-hybridized carbons (Fsp3) is 0.600. The van der Waals surface area contributed by atoms with Crippen molar-refractivity contribution in [2.75, 3.05) is 13.7 Å². The van der Waals surface area contributed by atoms with Crippen LogP contribution in [-0.4, -0.2) is 13.7 Å². The van der Waals surface area contributed by atoms with Crippen LogP contribution in [0.4, 0.5) is 0 Å². The zero-order valence-electron chi connectivity index (χ0n) is 4.48. The molecule has 0 saturated heterocycles. The average Bonchev–Trinajstić information content (AvgIpc) is 1.61. The topological polar surface area (TPSA) is 9.23 Å². The molecule has 0 radical (unpaired) electrons. The van der Waals surface area contributed by atoms with E-state index in [-0.39, 0.29) is 0 Å². The van der Waals surface area contributed by atoms with E-state index in [1.165, 1.54) is 0 Å². The highest BCUT2D eigenvalue weighted by Crippen LogP contribution is 2.00. The molecule has 2 heteroatoms. The summed E-state index contributed by atoms with van der Waals surface area (Å²) in [5.41, 5.74) is 0. The van der Waals surface area contributed by atoms with Crippen molar-refractivity contribution in [2.45, 2.75) is 6.42 Å². The Bertz CT molecular complexity index is 61.1. The Morgan fingerprint density at radius 2 is 2.43 bits per heavy atom. The maximum Gasteiger partial charge on any atom is 0.0507 e. The first kappa shape index (κ1) is 7.05. The first-order valence-corrected chi connectivity index (χ1v) is 2.57. The van der Waals surface area contributed by atoms with Crippen molar-refractivity contribution in [1.29, 1.82) is 0 Å². The zero-order valence-corrected chi connectivity index (χ0v) is 5.37. The number of ether oxygens (including phenoxy) is 1. The fourth-order valence-electron chi connectivity index (χ4n) is 0.220. The van der Waals surface area contributed by atoms with Crippen LogP contribution in [0.2, 0.25) is 0 Å². The summed E-state index contributed by atoms with van der Waals surface area (Å²) in [6.45, 7) is 4.30. The molecule has 0 spiro atoms. The highest BCUT2D eigenvalue weighted by molar-refractivity contribution is 7.84. The minimum Gasteiger partial charge on any atom is -0.384 e. The Morgan fingerprint density at radius 1 is 1.86 bits per heavy atom. The molecular formula is C5H10OS. The summed E-state index contributed by atoms with van der Waals surface area (Å²) in [6, 6.07) is 0. The predicted octanol–water partition coefficient (Wildman–Crippen LogP) is 1.47. The summed E-state index contributed by atoms with van der Waals surface area (Å²) in [7, 11) is 1.66. The monoisotopic (exact) mass is 118 g/mol. The Morgan fingerprint density at radius 3 is 2.57 bits per heavy atom. The quantitative estimate of drug-likeness (QED) is 0.552. The minimum absolute atomic E-state index is 0.725. The van der Waals surface area contributed by atoms with Crippen molar-refractivity contribution in [3.05, 3.63) is 11.5 Å². The van der Waals surface area contributed by atoms with Gasteiger partial charge in [0, 0.05) is 13.5 Å². The van der Waals surface area contributed by atoms with Crippen molar-refractivity contribution in [3.63, 3.8) is 0 Å². The van der Waals surface area contributed by atoms with Crippen molar-refractivity contribution >= 4 is 12.6 Å². The molecular weight excluding hydrogens is 108 g/mol. The van der Waals surface area contributed by atoms with Gasteiger partial charge in [-0.1, -0.05) is 6.58 Å². The second-order valence-electron chi connectivity index (χ2n) is 1.31. The number of hydrogen-bond acceptors (Lipinski definition) is 2. The third-order valence-corrected chi connectivity index (χ3v) is 0.818. The molecule has 0 unspecified atom stereocenters. The maximum atomic E-state index is 4.74. The molecule has 0 amide bonds. The molecule has 0 atom stereocenters. The van der Waals surface area contributed by atoms with Crippen molar-refractivity contribution in [1.82, 2.24) is 0 Å². The molecule has 0 bridgehead atoms. The fourth-order valence-corrected chi connectivity index (χ4v) is 0.311. The van der Waals surface area contributed by atoms with E-state index in [4.69, 9.17) is 4.74 Å². The highest BCUT2D eigenvalue weighted by Gasteiger charge is 1.82. The Hall–Kier alpha value is 0.0500. The van der Waals surface area contributed by atoms with Gasteiger partial charge in [-0.05, 0) is 4.91 Å². The van der Waals surface area contributed by atoms with Gasteiger partial charge in [-0.25, -0.2) is 0 Å². The second kappa shape index (κ2) is 4.22. The average molecular weight is 118 g/mol. The van der Waals surface area contributed by atoms with Crippen LogP contribution in [0.3, 0.4) is 0 Å². The lowest BCUT2D eigenvalue weighted by Gasteiger charge is -1.93. The normalized spacial score (nSPS) is 8.86. The van der Waals surface area contributed by atoms with E-state index in [0.29, 0.717) is 0 Å². The number of rotatable bonds is 3. The molecule has 0 rings (SSSR count). The van der Waals surface area contributed by atoms with E-state index in [1.54, 1.807) is 7.11 Å². The molecule has 7 heavy (non-hydrogen) atoms. The Balaban J connectivity index is 2.82. The van der Waals surface area contributed by atoms with Gasteiger partial charge >= 0.3 is 0 Å². The lowest BCUT2D eigenvalue weighted by atomic mass is 10.4. The maximum absolute atomic E-state index is 4.74. The standard InChI is InChI=1S/C5H10OS/c1-5(7)3-4-6-2/h7H,1,3-4H2,2H3. The molecule has 0 fully saturated rings. The van der Waals surface area contributed by atoms with Crippen LogP contribution in [0.15, 0.2) is 11.5 Å². The van der Waals surface area contributed by atoms with E-state index in [0.717, 1.165) is 17.9 Å². The van der Waals surface area contributed by atoms with E-state index in [2.05, 4.69) is 19.2 Å². The van der Waals surface area contributed by atoms with Crippen molar-refractivity contribution < 1.29 is 4.74 Å². The molecule has 0 aliphatic heterocycles. The molecule has 0 aromatic carbocycles. The smallest absolute Gasteiger partial charge is 0.0507 e. The predicted molar refractivity (Wildman–Crippen MR) is 34.6 cm³/mol. The van der Waals surface area contributed by atoms with E-state index < -0.39 is 0 Å². The molecule has 0 N–H and O–H groups in total. The molecule has 0 saturated carbocycles.